The Labute approximate surface area is 305 Å². The number of piperidine rings is 1. The fourth-order valence-corrected chi connectivity index (χ4v) is 6.53. The van der Waals surface area contributed by atoms with Gasteiger partial charge in [-0.25, -0.2) is 0 Å². The lowest BCUT2D eigenvalue weighted by molar-refractivity contribution is -0.136. The first-order chi connectivity index (χ1) is 25.7. The number of nitrogens with zero attached hydrogens (tertiary/aromatic N) is 5. The molecule has 1 aromatic heterocycles. The van der Waals surface area contributed by atoms with Gasteiger partial charge >= 0.3 is 0 Å². The molecule has 17 nitrogen and oxygen atoms in total. The highest BCUT2D eigenvalue weighted by atomic mass is 16.5. The lowest BCUT2D eigenvalue weighted by atomic mass is 10.0. The molecular formula is C36H43N9O8. The number of nitrogens with one attached hydrogen (secondary N) is 3. The van der Waals surface area contributed by atoms with Crippen LogP contribution in [0.4, 0.5) is 17.2 Å². The van der Waals surface area contributed by atoms with Crippen molar-refractivity contribution >= 4 is 46.7 Å². The van der Waals surface area contributed by atoms with E-state index >= 15 is 0 Å². The number of benzene rings is 2. The Balaban J connectivity index is 0.815. The number of rotatable bonds is 16. The molecule has 280 valence electrons. The van der Waals surface area contributed by atoms with Crippen molar-refractivity contribution in [2.24, 2.45) is 0 Å². The van der Waals surface area contributed by atoms with Crippen LogP contribution in [0.15, 0.2) is 48.5 Å². The first-order valence-electron chi connectivity index (χ1n) is 17.6. The largest absolute Gasteiger partial charge is 0.507 e. The van der Waals surface area contributed by atoms with Gasteiger partial charge in [-0.2, -0.15) is 0 Å². The summed E-state index contributed by atoms with van der Waals surface area (Å²) in [5, 5.41) is 26.7. The van der Waals surface area contributed by atoms with E-state index in [0.29, 0.717) is 62.2 Å². The number of fused-ring (bicyclic) bond motifs is 1. The van der Waals surface area contributed by atoms with E-state index in [9.17, 15) is 29.1 Å². The molecule has 2 aromatic carbocycles. The fraction of sp³-hybridized carbons (Fsp3) is 0.417. The number of piperazine rings is 1. The summed E-state index contributed by atoms with van der Waals surface area (Å²) in [6.45, 7) is 5.79. The number of hydrogen-bond donors (Lipinski definition) is 5. The van der Waals surface area contributed by atoms with Crippen LogP contribution in [0.5, 0.6) is 5.75 Å². The number of aromatic hydroxyl groups is 1. The first kappa shape index (κ1) is 37.1. The highest BCUT2D eigenvalue weighted by molar-refractivity contribution is 6.25. The molecule has 6 rings (SSSR count). The van der Waals surface area contributed by atoms with Crippen molar-refractivity contribution in [3.8, 4) is 17.0 Å². The van der Waals surface area contributed by atoms with Gasteiger partial charge in [-0.3, -0.25) is 39.1 Å². The van der Waals surface area contributed by atoms with E-state index in [1.807, 2.05) is 12.1 Å². The van der Waals surface area contributed by atoms with Crippen LogP contribution in [-0.2, 0) is 23.9 Å². The molecule has 5 amide bonds. The number of ether oxygens (including phenoxy) is 2. The third-order valence-electron chi connectivity index (χ3n) is 9.32. The minimum absolute atomic E-state index is 0.0541. The summed E-state index contributed by atoms with van der Waals surface area (Å²) in [6, 6.07) is 12.7. The molecule has 0 saturated carbocycles. The Hall–Kier alpha value is -5.65. The third kappa shape index (κ3) is 8.88. The fourth-order valence-electron chi connectivity index (χ4n) is 6.53. The maximum absolute atomic E-state index is 13.2. The van der Waals surface area contributed by atoms with E-state index in [1.165, 1.54) is 0 Å². The van der Waals surface area contributed by atoms with Crippen LogP contribution in [0.2, 0.25) is 0 Å². The van der Waals surface area contributed by atoms with Gasteiger partial charge in [-0.1, -0.05) is 18.2 Å². The number of nitrogen functional groups attached to an aromatic ring is 1. The Bertz CT molecular complexity index is 1850. The van der Waals surface area contributed by atoms with Gasteiger partial charge in [0, 0.05) is 69.9 Å². The van der Waals surface area contributed by atoms with E-state index in [2.05, 4.69) is 35.9 Å². The van der Waals surface area contributed by atoms with E-state index < -0.39 is 29.7 Å². The van der Waals surface area contributed by atoms with Crippen LogP contribution < -0.4 is 26.6 Å². The maximum Gasteiger partial charge on any atom is 0.264 e. The minimum atomic E-state index is -1.03. The Kier molecular flexibility index (Phi) is 12.1. The summed E-state index contributed by atoms with van der Waals surface area (Å²) in [5.74, 6) is -1.85. The van der Waals surface area contributed by atoms with Gasteiger partial charge in [-0.05, 0) is 36.8 Å². The van der Waals surface area contributed by atoms with Crippen LogP contribution >= 0.6 is 0 Å². The molecule has 17 heteroatoms. The second-order valence-corrected chi connectivity index (χ2v) is 12.8. The summed E-state index contributed by atoms with van der Waals surface area (Å²) >= 11 is 0. The van der Waals surface area contributed by atoms with E-state index in [0.717, 1.165) is 36.8 Å². The molecule has 3 aliphatic rings. The molecule has 1 atom stereocenters. The predicted molar refractivity (Wildman–Crippen MR) is 193 cm³/mol. The number of para-hydroxylation sites is 1. The molecule has 1 unspecified atom stereocenters. The monoisotopic (exact) mass is 729 g/mol. The van der Waals surface area contributed by atoms with Crippen molar-refractivity contribution < 1.29 is 38.6 Å². The van der Waals surface area contributed by atoms with Gasteiger partial charge in [0.05, 0.1) is 48.9 Å². The summed E-state index contributed by atoms with van der Waals surface area (Å²) in [6.07, 6.45) is 0.372. The quantitative estimate of drug-likeness (QED) is 0.101. The molecule has 2 saturated heterocycles. The molecule has 0 radical (unpaired) electrons. The zero-order valence-electron chi connectivity index (χ0n) is 29.2. The van der Waals surface area contributed by atoms with E-state index in [1.54, 1.807) is 36.4 Å². The van der Waals surface area contributed by atoms with E-state index in [4.69, 9.17) is 15.2 Å². The van der Waals surface area contributed by atoms with Crippen LogP contribution in [0.3, 0.4) is 0 Å². The van der Waals surface area contributed by atoms with Crippen molar-refractivity contribution in [2.75, 3.05) is 88.2 Å². The van der Waals surface area contributed by atoms with Gasteiger partial charge < -0.3 is 35.8 Å². The third-order valence-corrected chi connectivity index (χ3v) is 9.32. The van der Waals surface area contributed by atoms with Gasteiger partial charge in [0.15, 0.2) is 5.82 Å². The lowest BCUT2D eigenvalue weighted by Gasteiger charge is -2.36. The number of aromatic nitrogens is 2. The number of imide groups is 2. The Morgan fingerprint density at radius 3 is 2.43 bits per heavy atom. The smallest absolute Gasteiger partial charge is 0.264 e. The van der Waals surface area contributed by atoms with E-state index in [-0.39, 0.29) is 48.7 Å². The van der Waals surface area contributed by atoms with Crippen molar-refractivity contribution in [3.05, 3.63) is 59.7 Å². The number of phenols is 1. The average Bonchev–Trinajstić information content (AvgIpc) is 3.41. The number of hydrogen-bond acceptors (Lipinski definition) is 14. The van der Waals surface area contributed by atoms with Gasteiger partial charge in [0.2, 0.25) is 17.7 Å². The summed E-state index contributed by atoms with van der Waals surface area (Å²) < 4.78 is 11.2. The SMILES string of the molecule is Nc1nnc(-c2ccccc2O)cc1N1CCN(CCNC(=O)CCOCCOCCNc2cccc3c2C(=O)N(C2CCC(=O)NC2=O)C3=O)CC1. The average molecular weight is 730 g/mol. The lowest BCUT2D eigenvalue weighted by Crippen LogP contribution is -2.54. The van der Waals surface area contributed by atoms with Gasteiger partial charge in [0.25, 0.3) is 11.8 Å². The zero-order valence-corrected chi connectivity index (χ0v) is 29.2. The first-order valence-corrected chi connectivity index (χ1v) is 17.6. The normalized spacial score (nSPS) is 17.5. The molecule has 0 aliphatic carbocycles. The molecule has 3 aliphatic heterocycles. The van der Waals surface area contributed by atoms with Gasteiger partial charge in [-0.15, -0.1) is 10.2 Å². The van der Waals surface area contributed by atoms with Crippen molar-refractivity contribution in [2.45, 2.75) is 25.3 Å². The molecule has 0 spiro atoms. The number of nitrogens with two attached hydrogens (primary N) is 1. The highest BCUT2D eigenvalue weighted by Gasteiger charge is 2.45. The number of carbonyl (C=O) groups is 5. The number of amides is 5. The van der Waals surface area contributed by atoms with Crippen molar-refractivity contribution in [1.82, 2.24) is 30.6 Å². The number of carbonyl (C=O) groups excluding carboxylic acids is 5. The molecule has 4 heterocycles. The molecular weight excluding hydrogens is 686 g/mol. The summed E-state index contributed by atoms with van der Waals surface area (Å²) in [5.41, 5.74) is 8.92. The molecule has 53 heavy (non-hydrogen) atoms. The molecule has 3 aromatic rings. The predicted octanol–water partition coefficient (Wildman–Crippen LogP) is 0.606. The second kappa shape index (κ2) is 17.2. The number of anilines is 3. The molecule has 6 N–H and O–H groups in total. The maximum atomic E-state index is 13.2. The van der Waals surface area contributed by atoms with Crippen LogP contribution in [0, 0.1) is 0 Å². The standard InChI is InChI=1S/C36H43N9O8/c37-33-28(22-26(41-42-33)23-4-1-2-7-29(23)46)44-16-14-43(15-17-44)13-11-39-30(47)10-18-52-20-21-53-19-12-38-25-6-3-5-24-32(25)36(51)45(35(24)50)27-8-9-31(48)40-34(27)49/h1-7,22,27,38,46H,8-21H2,(H2,37,42)(H,39,47)(H,40,48,49). The van der Waals surface area contributed by atoms with Crippen molar-refractivity contribution in [3.63, 3.8) is 0 Å². The molecule has 0 bridgehead atoms. The van der Waals surface area contributed by atoms with Gasteiger partial charge in [0.1, 0.15) is 11.8 Å². The zero-order chi connectivity index (χ0) is 37.3. The van der Waals surface area contributed by atoms with Crippen molar-refractivity contribution in [1.29, 1.82) is 0 Å². The summed E-state index contributed by atoms with van der Waals surface area (Å²) in [7, 11) is 0. The summed E-state index contributed by atoms with van der Waals surface area (Å²) in [4.78, 5) is 67.7. The minimum Gasteiger partial charge on any atom is -0.507 e. The Morgan fingerprint density at radius 1 is 0.906 bits per heavy atom. The highest BCUT2D eigenvalue weighted by Crippen LogP contribution is 2.33. The topological polar surface area (TPSA) is 222 Å². The number of phenolic OH excluding ortho intramolecular Hbond substituents is 1. The van der Waals surface area contributed by atoms with Crippen LogP contribution in [-0.4, -0.2) is 133 Å². The Morgan fingerprint density at radius 2 is 1.66 bits per heavy atom. The second-order valence-electron chi connectivity index (χ2n) is 12.8. The molecule has 2 fully saturated rings. The van der Waals surface area contributed by atoms with Crippen LogP contribution in [0.1, 0.15) is 40.0 Å². The van der Waals surface area contributed by atoms with Crippen LogP contribution in [0.25, 0.3) is 11.3 Å².